The van der Waals surface area contributed by atoms with Crippen LogP contribution >= 0.6 is 11.3 Å². The monoisotopic (exact) mass is 313 g/mol. The molecular weight excluding hydrogens is 297 g/mol. The molecule has 0 fully saturated rings. The minimum absolute atomic E-state index is 0. The second-order valence-corrected chi connectivity index (χ2v) is 10.5. The van der Waals surface area contributed by atoms with Gasteiger partial charge in [0.05, 0.1) is 13.5 Å². The molecule has 1 aromatic rings. The van der Waals surface area contributed by atoms with Crippen LogP contribution < -0.4 is 28.5 Å². The molecule has 1 nitrogen and oxygen atoms in total. The zero-order valence-corrected chi connectivity index (χ0v) is 11.9. The van der Waals surface area contributed by atoms with Gasteiger partial charge in [0.25, 0.3) is 0 Å². The van der Waals surface area contributed by atoms with E-state index in [9.17, 15) is 0 Å². The standard InChI is InChI=1S/C8H16NSSi.HI/c1-11(2,3)7-5-9-4-6-10-8-9;/h4,6,8H,5,7H2,1-3H3;1H/q+1;/p-1. The van der Waals surface area contributed by atoms with Crippen molar-refractivity contribution in [3.8, 4) is 0 Å². The fourth-order valence-corrected chi connectivity index (χ4v) is 2.41. The van der Waals surface area contributed by atoms with Gasteiger partial charge in [-0.3, -0.25) is 0 Å². The first kappa shape index (κ1) is 12.6. The number of halogens is 1. The van der Waals surface area contributed by atoms with Crippen molar-refractivity contribution in [2.75, 3.05) is 0 Å². The second kappa shape index (κ2) is 5.34. The largest absolute Gasteiger partial charge is 1.00 e. The molecule has 0 N–H and O–H groups in total. The molecule has 0 unspecified atom stereocenters. The normalized spacial score (nSPS) is 10.9. The first-order chi connectivity index (χ1) is 5.08. The smallest absolute Gasteiger partial charge is 0.224 e. The van der Waals surface area contributed by atoms with E-state index < -0.39 is 8.07 Å². The summed E-state index contributed by atoms with van der Waals surface area (Å²) in [5.74, 6) is 0. The number of hydrogen-bond acceptors (Lipinski definition) is 1. The van der Waals surface area contributed by atoms with E-state index in [4.69, 9.17) is 0 Å². The first-order valence-electron chi connectivity index (χ1n) is 3.99. The third-order valence-corrected chi connectivity index (χ3v) is 4.04. The van der Waals surface area contributed by atoms with Gasteiger partial charge < -0.3 is 24.0 Å². The Balaban J connectivity index is 0.00000121. The average Bonchev–Trinajstić information content (AvgIpc) is 2.32. The summed E-state index contributed by atoms with van der Waals surface area (Å²) >= 11 is 1.77. The summed E-state index contributed by atoms with van der Waals surface area (Å²) in [7, 11) is -0.830. The lowest BCUT2D eigenvalue weighted by atomic mass is 10.7. The van der Waals surface area contributed by atoms with E-state index in [2.05, 4.69) is 41.3 Å². The summed E-state index contributed by atoms with van der Waals surface area (Å²) in [6.07, 6.45) is 2.16. The molecule has 1 rings (SSSR count). The highest BCUT2D eigenvalue weighted by molar-refractivity contribution is 7.07. The molecule has 12 heavy (non-hydrogen) atoms. The minimum atomic E-state index is -0.830. The lowest BCUT2D eigenvalue weighted by Gasteiger charge is -2.11. The molecule has 0 atom stereocenters. The number of aromatic nitrogens is 1. The number of rotatable bonds is 3. The van der Waals surface area contributed by atoms with Crippen LogP contribution in [0.25, 0.3) is 0 Å². The third kappa shape index (κ3) is 5.26. The van der Waals surface area contributed by atoms with Gasteiger partial charge in [-0.2, -0.15) is 4.57 Å². The quantitative estimate of drug-likeness (QED) is 0.398. The number of thiazole rings is 1. The molecule has 0 aromatic carbocycles. The van der Waals surface area contributed by atoms with Crippen LogP contribution in [-0.4, -0.2) is 8.07 Å². The lowest BCUT2D eigenvalue weighted by molar-refractivity contribution is -0.688. The highest BCUT2D eigenvalue weighted by Gasteiger charge is 2.15. The predicted octanol–water partition coefficient (Wildman–Crippen LogP) is -0.622. The number of nitrogens with zero attached hydrogens (tertiary/aromatic N) is 1. The molecule has 0 aliphatic heterocycles. The zero-order chi connectivity index (χ0) is 8.32. The Morgan fingerprint density at radius 1 is 1.33 bits per heavy atom. The Kier molecular flexibility index (Phi) is 5.59. The Morgan fingerprint density at radius 2 is 2.00 bits per heavy atom. The number of hydrogen-bond donors (Lipinski definition) is 0. The van der Waals surface area contributed by atoms with Gasteiger partial charge in [0.1, 0.15) is 6.54 Å². The third-order valence-electron chi connectivity index (χ3n) is 1.65. The SMILES string of the molecule is C[Si](C)(C)CC[n+]1ccsc1.[I-]. The van der Waals surface area contributed by atoms with Crippen molar-refractivity contribution in [3.63, 3.8) is 0 Å². The van der Waals surface area contributed by atoms with Gasteiger partial charge in [-0.05, 0) is 0 Å². The van der Waals surface area contributed by atoms with Crippen molar-refractivity contribution in [1.29, 1.82) is 0 Å². The summed E-state index contributed by atoms with van der Waals surface area (Å²) in [5, 5.41) is 2.13. The van der Waals surface area contributed by atoms with E-state index in [1.54, 1.807) is 11.3 Å². The molecule has 1 heterocycles. The van der Waals surface area contributed by atoms with E-state index >= 15 is 0 Å². The summed E-state index contributed by atoms with van der Waals surface area (Å²) in [6.45, 7) is 8.46. The molecule has 0 aliphatic rings. The van der Waals surface area contributed by atoms with Crippen molar-refractivity contribution < 1.29 is 28.5 Å². The molecule has 4 heteroatoms. The highest BCUT2D eigenvalue weighted by Crippen LogP contribution is 2.07. The van der Waals surface area contributed by atoms with Crippen molar-refractivity contribution in [2.45, 2.75) is 32.2 Å². The molecule has 1 aromatic heterocycles. The van der Waals surface area contributed by atoms with Gasteiger partial charge in [-0.15, -0.1) is 0 Å². The Bertz CT molecular complexity index is 205. The summed E-state index contributed by atoms with van der Waals surface area (Å²) < 4.78 is 2.28. The summed E-state index contributed by atoms with van der Waals surface area (Å²) in [5.41, 5.74) is 2.18. The number of aryl methyl sites for hydroxylation is 1. The van der Waals surface area contributed by atoms with E-state index in [-0.39, 0.29) is 24.0 Å². The van der Waals surface area contributed by atoms with Gasteiger partial charge in [-0.1, -0.05) is 31.0 Å². The highest BCUT2D eigenvalue weighted by atomic mass is 127. The van der Waals surface area contributed by atoms with Gasteiger partial charge in [0, 0.05) is 6.04 Å². The van der Waals surface area contributed by atoms with Crippen LogP contribution in [0.1, 0.15) is 0 Å². The molecular formula is C8H16INSSi. The Morgan fingerprint density at radius 3 is 2.42 bits per heavy atom. The molecule has 0 amide bonds. The predicted molar refractivity (Wildman–Crippen MR) is 52.7 cm³/mol. The van der Waals surface area contributed by atoms with E-state index in [1.165, 1.54) is 12.6 Å². The molecule has 0 spiro atoms. The second-order valence-electron chi connectivity index (χ2n) is 4.08. The molecule has 70 valence electrons. The zero-order valence-electron chi connectivity index (χ0n) is 7.88. The maximum atomic E-state index is 2.42. The molecule has 0 radical (unpaired) electrons. The van der Waals surface area contributed by atoms with Crippen LogP contribution in [0, 0.1) is 0 Å². The molecule has 0 saturated carbocycles. The van der Waals surface area contributed by atoms with E-state index in [0.717, 1.165) is 0 Å². The maximum Gasteiger partial charge on any atom is 0.224 e. The summed E-state index contributed by atoms with van der Waals surface area (Å²) in [6, 6.07) is 1.38. The van der Waals surface area contributed by atoms with Crippen LogP contribution in [0.5, 0.6) is 0 Å². The van der Waals surface area contributed by atoms with Crippen LogP contribution in [0.2, 0.25) is 25.7 Å². The van der Waals surface area contributed by atoms with Crippen molar-refractivity contribution in [2.24, 2.45) is 0 Å². The van der Waals surface area contributed by atoms with Crippen LogP contribution in [0.15, 0.2) is 17.1 Å². The van der Waals surface area contributed by atoms with Gasteiger partial charge in [-0.25, -0.2) is 0 Å². The van der Waals surface area contributed by atoms with E-state index in [0.29, 0.717) is 0 Å². The molecule has 0 aliphatic carbocycles. The average molecular weight is 313 g/mol. The summed E-state index contributed by atoms with van der Waals surface area (Å²) in [4.78, 5) is 0. The minimum Gasteiger partial charge on any atom is -1.00 e. The maximum absolute atomic E-state index is 2.42. The topological polar surface area (TPSA) is 3.88 Å². The van der Waals surface area contributed by atoms with Crippen LogP contribution in [-0.2, 0) is 6.54 Å². The van der Waals surface area contributed by atoms with Gasteiger partial charge in [0.2, 0.25) is 5.51 Å². The Hall–Kier alpha value is 0.577. The van der Waals surface area contributed by atoms with Crippen molar-refractivity contribution >= 4 is 19.4 Å². The van der Waals surface area contributed by atoms with E-state index in [1.807, 2.05) is 0 Å². The molecule has 0 bridgehead atoms. The van der Waals surface area contributed by atoms with Gasteiger partial charge in [0.15, 0.2) is 6.20 Å². The molecule has 0 saturated heterocycles. The fraction of sp³-hybridized carbons (Fsp3) is 0.625. The lowest BCUT2D eigenvalue weighted by Crippen LogP contribution is -3.00. The fourth-order valence-electron chi connectivity index (χ4n) is 0.853. The Labute approximate surface area is 96.9 Å². The van der Waals surface area contributed by atoms with Crippen molar-refractivity contribution in [1.82, 2.24) is 0 Å². The van der Waals surface area contributed by atoms with Gasteiger partial charge >= 0.3 is 0 Å². The first-order valence-corrected chi connectivity index (χ1v) is 8.64. The van der Waals surface area contributed by atoms with Crippen LogP contribution in [0.3, 0.4) is 0 Å². The van der Waals surface area contributed by atoms with Crippen molar-refractivity contribution in [3.05, 3.63) is 17.1 Å². The van der Waals surface area contributed by atoms with Crippen LogP contribution in [0.4, 0.5) is 0 Å².